The molecule has 2 aromatic rings. The van der Waals surface area contributed by atoms with Gasteiger partial charge in [0.05, 0.1) is 11.6 Å². The number of rotatable bonds is 4. The molecular weight excluding hydrogens is 395 g/mol. The Morgan fingerprint density at radius 3 is 2.17 bits per heavy atom. The van der Waals surface area contributed by atoms with Crippen LogP contribution in [0, 0.1) is 5.92 Å². The van der Waals surface area contributed by atoms with Crippen LogP contribution in [0.3, 0.4) is 0 Å². The van der Waals surface area contributed by atoms with Gasteiger partial charge in [-0.15, -0.1) is 0 Å². The first-order chi connectivity index (χ1) is 13.7. The molecule has 0 aliphatic carbocycles. The average Bonchev–Trinajstić information content (AvgIpc) is 2.68. The van der Waals surface area contributed by atoms with E-state index >= 15 is 0 Å². The van der Waals surface area contributed by atoms with E-state index in [2.05, 4.69) is 46.7 Å². The zero-order chi connectivity index (χ0) is 21.0. The molecule has 1 saturated heterocycles. The van der Waals surface area contributed by atoms with E-state index in [0.29, 0.717) is 10.8 Å². The summed E-state index contributed by atoms with van der Waals surface area (Å²) in [7, 11) is 0. The Kier molecular flexibility index (Phi) is 6.67. The fourth-order valence-electron chi connectivity index (χ4n) is 3.43. The van der Waals surface area contributed by atoms with Crippen molar-refractivity contribution in [3.8, 4) is 0 Å². The summed E-state index contributed by atoms with van der Waals surface area (Å²) in [6.07, 6.45) is -1.89. The van der Waals surface area contributed by atoms with Gasteiger partial charge in [0.2, 0.25) is 0 Å². The molecule has 3 nitrogen and oxygen atoms in total. The van der Waals surface area contributed by atoms with E-state index in [4.69, 9.17) is 12.2 Å². The van der Waals surface area contributed by atoms with Crippen molar-refractivity contribution in [2.24, 2.45) is 5.92 Å². The number of benzene rings is 2. The molecule has 0 aromatic heterocycles. The maximum absolute atomic E-state index is 12.6. The number of halogens is 3. The van der Waals surface area contributed by atoms with Crippen LogP contribution in [0.5, 0.6) is 0 Å². The molecule has 29 heavy (non-hydrogen) atoms. The molecule has 2 N–H and O–H groups in total. The maximum atomic E-state index is 12.6. The van der Waals surface area contributed by atoms with Gasteiger partial charge in [-0.2, -0.15) is 13.2 Å². The second kappa shape index (κ2) is 9.03. The predicted molar refractivity (Wildman–Crippen MR) is 116 cm³/mol. The number of thiocarbonyl (C=S) groups is 1. The van der Waals surface area contributed by atoms with Crippen molar-refractivity contribution in [3.63, 3.8) is 0 Å². The van der Waals surface area contributed by atoms with Crippen LogP contribution in [0.25, 0.3) is 0 Å². The third kappa shape index (κ3) is 5.85. The van der Waals surface area contributed by atoms with E-state index in [1.807, 2.05) is 6.92 Å². The smallest absolute Gasteiger partial charge is 0.372 e. The van der Waals surface area contributed by atoms with Crippen LogP contribution in [0.2, 0.25) is 0 Å². The molecule has 0 saturated carbocycles. The first-order valence-electron chi connectivity index (χ1n) is 9.82. The van der Waals surface area contributed by atoms with Crippen molar-refractivity contribution >= 4 is 28.7 Å². The van der Waals surface area contributed by atoms with Gasteiger partial charge in [-0.1, -0.05) is 19.1 Å². The highest BCUT2D eigenvalue weighted by Crippen LogP contribution is 2.30. The van der Waals surface area contributed by atoms with Crippen LogP contribution in [0.15, 0.2) is 48.5 Å². The lowest BCUT2D eigenvalue weighted by Crippen LogP contribution is -2.33. The molecule has 156 valence electrons. The zero-order valence-electron chi connectivity index (χ0n) is 16.6. The Labute approximate surface area is 175 Å². The third-order valence-corrected chi connectivity index (χ3v) is 5.58. The zero-order valence-corrected chi connectivity index (χ0v) is 17.4. The van der Waals surface area contributed by atoms with Crippen LogP contribution in [0.4, 0.5) is 24.5 Å². The van der Waals surface area contributed by atoms with Crippen molar-refractivity contribution in [2.45, 2.75) is 38.9 Å². The lowest BCUT2D eigenvalue weighted by molar-refractivity contribution is -0.137. The second-order valence-corrected chi connectivity index (χ2v) is 8.06. The van der Waals surface area contributed by atoms with Crippen LogP contribution < -0.4 is 15.5 Å². The average molecular weight is 422 g/mol. The van der Waals surface area contributed by atoms with Crippen LogP contribution in [-0.2, 0) is 6.18 Å². The molecule has 0 unspecified atom stereocenters. The summed E-state index contributed by atoms with van der Waals surface area (Å²) in [6.45, 7) is 6.48. The van der Waals surface area contributed by atoms with Crippen molar-refractivity contribution in [2.75, 3.05) is 23.3 Å². The third-order valence-electron chi connectivity index (χ3n) is 5.36. The molecule has 1 aliphatic rings. The van der Waals surface area contributed by atoms with Crippen molar-refractivity contribution < 1.29 is 13.2 Å². The molecule has 1 aliphatic heterocycles. The molecule has 1 heterocycles. The maximum Gasteiger partial charge on any atom is 0.416 e. The Morgan fingerprint density at radius 1 is 1.03 bits per heavy atom. The van der Waals surface area contributed by atoms with E-state index in [0.717, 1.165) is 36.7 Å². The molecule has 0 amide bonds. The van der Waals surface area contributed by atoms with Gasteiger partial charge in [-0.25, -0.2) is 0 Å². The van der Waals surface area contributed by atoms with Gasteiger partial charge in [0.25, 0.3) is 0 Å². The Bertz CT molecular complexity index is 811. The largest absolute Gasteiger partial charge is 0.416 e. The Morgan fingerprint density at radius 2 is 1.62 bits per heavy atom. The summed E-state index contributed by atoms with van der Waals surface area (Å²) in [6, 6.07) is 13.2. The molecule has 1 fully saturated rings. The van der Waals surface area contributed by atoms with E-state index in [1.54, 1.807) is 0 Å². The molecule has 1 atom stereocenters. The number of alkyl halides is 3. The van der Waals surface area contributed by atoms with Crippen LogP contribution in [0.1, 0.15) is 43.9 Å². The van der Waals surface area contributed by atoms with E-state index < -0.39 is 11.7 Å². The molecule has 7 heteroatoms. The number of anilines is 2. The minimum Gasteiger partial charge on any atom is -0.372 e. The summed E-state index contributed by atoms with van der Waals surface area (Å²) in [5.41, 5.74) is 2.16. The summed E-state index contributed by atoms with van der Waals surface area (Å²) in [4.78, 5) is 2.42. The van der Waals surface area contributed by atoms with Crippen molar-refractivity contribution in [1.82, 2.24) is 5.32 Å². The number of hydrogen-bond donors (Lipinski definition) is 2. The molecule has 2 aromatic carbocycles. The van der Waals surface area contributed by atoms with Gasteiger partial charge >= 0.3 is 6.18 Å². The summed E-state index contributed by atoms with van der Waals surface area (Å²) >= 11 is 5.31. The lowest BCUT2D eigenvalue weighted by atomic mass is 9.98. The molecular formula is C22H26F3N3S. The van der Waals surface area contributed by atoms with Gasteiger partial charge in [-0.3, -0.25) is 0 Å². The number of piperidine rings is 1. The monoisotopic (exact) mass is 421 g/mol. The molecule has 0 spiro atoms. The van der Waals surface area contributed by atoms with E-state index in [9.17, 15) is 13.2 Å². The lowest BCUT2D eigenvalue weighted by Gasteiger charge is -2.32. The topological polar surface area (TPSA) is 27.3 Å². The minimum absolute atomic E-state index is 0.0279. The van der Waals surface area contributed by atoms with Crippen LogP contribution in [-0.4, -0.2) is 18.2 Å². The molecule has 0 radical (unpaired) electrons. The first kappa shape index (κ1) is 21.4. The highest BCUT2D eigenvalue weighted by atomic mass is 32.1. The molecule has 3 rings (SSSR count). The fraction of sp³-hybridized carbons (Fsp3) is 0.409. The highest BCUT2D eigenvalue weighted by Gasteiger charge is 2.30. The summed E-state index contributed by atoms with van der Waals surface area (Å²) in [5, 5.41) is 6.48. The first-order valence-corrected chi connectivity index (χ1v) is 10.2. The molecule has 0 bridgehead atoms. The highest BCUT2D eigenvalue weighted by molar-refractivity contribution is 7.80. The number of hydrogen-bond acceptors (Lipinski definition) is 2. The standard InChI is InChI=1S/C22H26F3N3S/c1-15-11-13-28(14-12-15)20-9-3-17(4-10-20)16(2)26-21(29)27-19-7-5-18(6-8-19)22(23,24)25/h3-10,15-16H,11-14H2,1-2H3,(H2,26,27,29)/t16-/m0/s1. The SMILES string of the molecule is CC1CCN(c2ccc([C@H](C)NC(=S)Nc3ccc(C(F)(F)F)cc3)cc2)CC1. The van der Waals surface area contributed by atoms with Crippen molar-refractivity contribution in [3.05, 3.63) is 59.7 Å². The van der Waals surface area contributed by atoms with Gasteiger partial charge in [0, 0.05) is 24.5 Å². The van der Waals surface area contributed by atoms with Gasteiger partial charge < -0.3 is 15.5 Å². The van der Waals surface area contributed by atoms with Crippen molar-refractivity contribution in [1.29, 1.82) is 0 Å². The predicted octanol–water partition coefficient (Wildman–Crippen LogP) is 5.99. The van der Waals surface area contributed by atoms with Crippen LogP contribution >= 0.6 is 12.2 Å². The van der Waals surface area contributed by atoms with E-state index in [-0.39, 0.29) is 6.04 Å². The summed E-state index contributed by atoms with van der Waals surface area (Å²) in [5.74, 6) is 0.799. The Balaban J connectivity index is 1.54. The summed E-state index contributed by atoms with van der Waals surface area (Å²) < 4.78 is 37.9. The van der Waals surface area contributed by atoms with Gasteiger partial charge in [-0.05, 0) is 79.9 Å². The van der Waals surface area contributed by atoms with Gasteiger partial charge in [0.1, 0.15) is 0 Å². The normalized spacial score (nSPS) is 16.4. The second-order valence-electron chi connectivity index (χ2n) is 7.66. The minimum atomic E-state index is -4.34. The Hall–Kier alpha value is -2.28. The van der Waals surface area contributed by atoms with Gasteiger partial charge in [0.15, 0.2) is 5.11 Å². The van der Waals surface area contributed by atoms with E-state index in [1.165, 1.54) is 30.7 Å². The quantitative estimate of drug-likeness (QED) is 0.593. The number of nitrogens with one attached hydrogen (secondary N) is 2. The number of nitrogens with zero attached hydrogens (tertiary/aromatic N) is 1. The fourth-order valence-corrected chi connectivity index (χ4v) is 3.72.